The Bertz CT molecular complexity index is 592. The van der Waals surface area contributed by atoms with Gasteiger partial charge in [0.25, 0.3) is 0 Å². The average Bonchev–Trinajstić information content (AvgIpc) is 2.78. The molecular weight excluding hydrogens is 440 g/mol. The Morgan fingerprint density at radius 1 is 0.562 bits per heavy atom. The summed E-state index contributed by atoms with van der Waals surface area (Å²) in [5.41, 5.74) is 0. The van der Waals surface area contributed by atoms with Crippen molar-refractivity contribution in [1.29, 1.82) is 0 Å². The van der Waals surface area contributed by atoms with E-state index in [2.05, 4.69) is 0 Å². The van der Waals surface area contributed by atoms with Gasteiger partial charge in [-0.25, -0.2) is 0 Å². The van der Waals surface area contributed by atoms with Gasteiger partial charge < -0.3 is 70.0 Å². The topological polar surface area (TPSA) is 239 Å². The molecule has 0 aromatic heterocycles. The molecule has 1 saturated carbocycles. The van der Waals surface area contributed by atoms with E-state index in [1.807, 2.05) is 0 Å². The second-order valence-electron chi connectivity index (χ2n) is 8.31. The third-order valence-corrected chi connectivity index (χ3v) is 6.14. The van der Waals surface area contributed by atoms with Gasteiger partial charge in [-0.05, 0) is 12.8 Å². The van der Waals surface area contributed by atoms with Crippen LogP contribution >= 0.6 is 0 Å². The van der Waals surface area contributed by atoms with Crippen LogP contribution in [0.5, 0.6) is 0 Å². The van der Waals surface area contributed by atoms with Crippen molar-refractivity contribution in [1.82, 2.24) is 0 Å². The minimum Gasteiger partial charge on any atom is -0.394 e. The zero-order valence-corrected chi connectivity index (χ0v) is 17.0. The van der Waals surface area contributed by atoms with Crippen LogP contribution in [-0.2, 0) is 18.9 Å². The highest BCUT2D eigenvalue weighted by Crippen LogP contribution is 2.32. The normalized spacial score (nSPS) is 52.7. The van der Waals surface area contributed by atoms with E-state index in [0.717, 1.165) is 0 Å². The summed E-state index contributed by atoms with van der Waals surface area (Å²) in [7, 11) is 0. The van der Waals surface area contributed by atoms with Crippen molar-refractivity contribution in [3.05, 3.63) is 0 Å². The van der Waals surface area contributed by atoms with Crippen molar-refractivity contribution in [2.45, 2.75) is 98.7 Å². The molecule has 0 amide bonds. The zero-order chi connectivity index (χ0) is 23.7. The van der Waals surface area contributed by atoms with Crippen molar-refractivity contribution < 1.29 is 70.0 Å². The Morgan fingerprint density at radius 3 is 1.75 bits per heavy atom. The molecule has 3 rings (SSSR count). The van der Waals surface area contributed by atoms with E-state index in [9.17, 15) is 51.1 Å². The van der Waals surface area contributed by atoms with E-state index in [4.69, 9.17) is 18.9 Å². The molecule has 3 fully saturated rings. The fourth-order valence-corrected chi connectivity index (χ4v) is 4.11. The van der Waals surface area contributed by atoms with Crippen LogP contribution in [-0.4, -0.2) is 150 Å². The Morgan fingerprint density at radius 2 is 1.12 bits per heavy atom. The highest BCUT2D eigenvalue weighted by Gasteiger charge is 2.51. The molecule has 1 aliphatic carbocycles. The van der Waals surface area contributed by atoms with Gasteiger partial charge in [0.15, 0.2) is 12.6 Å². The number of rotatable bonds is 6. The second kappa shape index (κ2) is 10.8. The molecule has 0 bridgehead atoms. The van der Waals surface area contributed by atoms with Crippen LogP contribution in [0.3, 0.4) is 0 Å². The van der Waals surface area contributed by atoms with Gasteiger partial charge in [0, 0.05) is 0 Å². The van der Waals surface area contributed by atoms with Crippen LogP contribution in [0.2, 0.25) is 0 Å². The minimum atomic E-state index is -1.78. The van der Waals surface area contributed by atoms with E-state index in [0.29, 0.717) is 0 Å². The molecule has 0 radical (unpaired) electrons. The standard InChI is InChI=1S/C18H32O14/c19-3-7-11(24)12(25)14(27)18(30-7)32-16-8(4-20)31-17(15(28)13(16)26)29-6-2-1-5(21)9(22)10(6)23/h5-28H,1-4H2/t5-,6-,7+,8+,9+,10-,11+,12-,13+,14+,15-,16-,17-,18-/m1/s1. The van der Waals surface area contributed by atoms with Gasteiger partial charge >= 0.3 is 0 Å². The van der Waals surface area contributed by atoms with Crippen molar-refractivity contribution in [2.24, 2.45) is 0 Å². The number of aliphatic hydroxyl groups is 10. The summed E-state index contributed by atoms with van der Waals surface area (Å²) in [6, 6.07) is 0. The van der Waals surface area contributed by atoms with Gasteiger partial charge in [-0.3, -0.25) is 0 Å². The molecule has 2 aliphatic heterocycles. The third-order valence-electron chi connectivity index (χ3n) is 6.14. The van der Waals surface area contributed by atoms with Crippen molar-refractivity contribution in [3.63, 3.8) is 0 Å². The Hall–Kier alpha value is -0.560. The predicted molar refractivity (Wildman–Crippen MR) is 98.5 cm³/mol. The summed E-state index contributed by atoms with van der Waals surface area (Å²) in [5, 5.41) is 99.3. The summed E-state index contributed by atoms with van der Waals surface area (Å²) < 4.78 is 21.6. The number of hydrogen-bond donors (Lipinski definition) is 10. The molecule has 14 heteroatoms. The number of aliphatic hydroxyl groups excluding tert-OH is 10. The van der Waals surface area contributed by atoms with Gasteiger partial charge in [0.1, 0.15) is 61.0 Å². The molecule has 2 heterocycles. The molecule has 2 saturated heterocycles. The molecule has 188 valence electrons. The quantitative estimate of drug-likeness (QED) is 0.173. The highest BCUT2D eigenvalue weighted by atomic mass is 16.7. The van der Waals surface area contributed by atoms with Gasteiger partial charge in [0.05, 0.1) is 25.4 Å². The van der Waals surface area contributed by atoms with E-state index in [1.165, 1.54) is 0 Å². The summed E-state index contributed by atoms with van der Waals surface area (Å²) >= 11 is 0. The maximum atomic E-state index is 10.6. The molecule has 0 aromatic rings. The number of ether oxygens (including phenoxy) is 4. The maximum absolute atomic E-state index is 10.6. The molecule has 0 spiro atoms. The van der Waals surface area contributed by atoms with Crippen LogP contribution in [0.15, 0.2) is 0 Å². The first kappa shape index (κ1) is 26.1. The third kappa shape index (κ3) is 5.08. The van der Waals surface area contributed by atoms with Gasteiger partial charge in [-0.1, -0.05) is 0 Å². The predicted octanol–water partition coefficient (Wildman–Crippen LogP) is -6.13. The second-order valence-corrected chi connectivity index (χ2v) is 8.31. The van der Waals surface area contributed by atoms with E-state index >= 15 is 0 Å². The summed E-state index contributed by atoms with van der Waals surface area (Å²) in [4.78, 5) is 0. The molecule has 10 N–H and O–H groups in total. The molecule has 3 aliphatic rings. The molecule has 0 aromatic carbocycles. The van der Waals surface area contributed by atoms with E-state index in [-0.39, 0.29) is 12.8 Å². The Balaban J connectivity index is 1.67. The van der Waals surface area contributed by atoms with Crippen LogP contribution in [0.1, 0.15) is 12.8 Å². The summed E-state index contributed by atoms with van der Waals surface area (Å²) in [6.07, 6.45) is -20.8. The molecule has 14 atom stereocenters. The first-order chi connectivity index (χ1) is 15.1. The summed E-state index contributed by atoms with van der Waals surface area (Å²) in [5.74, 6) is 0. The molecule has 14 nitrogen and oxygen atoms in total. The van der Waals surface area contributed by atoms with Crippen LogP contribution in [0.25, 0.3) is 0 Å². The lowest BCUT2D eigenvalue weighted by atomic mass is 9.89. The molecule has 32 heavy (non-hydrogen) atoms. The van der Waals surface area contributed by atoms with E-state index < -0.39 is 99.0 Å². The molecular formula is C18H32O14. The smallest absolute Gasteiger partial charge is 0.187 e. The average molecular weight is 472 g/mol. The summed E-state index contributed by atoms with van der Waals surface area (Å²) in [6.45, 7) is -1.44. The maximum Gasteiger partial charge on any atom is 0.187 e. The Labute approximate surface area is 182 Å². The zero-order valence-electron chi connectivity index (χ0n) is 17.0. The SMILES string of the molecule is OC[C@@H]1O[C@H](O[C@H]2[C@@H](O)[C@@H](O)[C@H](O[C@@H]3CC[C@@H](O)[C@H](O)[C@@H]3O)O[C@H]2CO)[C@@H](O)[C@H](O)[C@H]1O. The van der Waals surface area contributed by atoms with Crippen molar-refractivity contribution in [3.8, 4) is 0 Å². The first-order valence-electron chi connectivity index (χ1n) is 10.4. The lowest BCUT2D eigenvalue weighted by Gasteiger charge is -2.47. The van der Waals surface area contributed by atoms with Crippen molar-refractivity contribution in [2.75, 3.05) is 13.2 Å². The van der Waals surface area contributed by atoms with Crippen LogP contribution < -0.4 is 0 Å². The highest BCUT2D eigenvalue weighted by molar-refractivity contribution is 4.95. The van der Waals surface area contributed by atoms with Crippen LogP contribution in [0.4, 0.5) is 0 Å². The van der Waals surface area contributed by atoms with Crippen molar-refractivity contribution >= 4 is 0 Å². The van der Waals surface area contributed by atoms with Gasteiger partial charge in [-0.2, -0.15) is 0 Å². The largest absolute Gasteiger partial charge is 0.394 e. The fraction of sp³-hybridized carbons (Fsp3) is 1.00. The van der Waals surface area contributed by atoms with Crippen LogP contribution in [0, 0.1) is 0 Å². The van der Waals surface area contributed by atoms with Gasteiger partial charge in [-0.15, -0.1) is 0 Å². The lowest BCUT2D eigenvalue weighted by Crippen LogP contribution is -2.65. The van der Waals surface area contributed by atoms with E-state index in [1.54, 1.807) is 0 Å². The lowest BCUT2D eigenvalue weighted by molar-refractivity contribution is -0.366. The number of hydrogen-bond acceptors (Lipinski definition) is 14. The minimum absolute atomic E-state index is 0.112. The fourth-order valence-electron chi connectivity index (χ4n) is 4.11. The molecule has 0 unspecified atom stereocenters. The van der Waals surface area contributed by atoms with Gasteiger partial charge in [0.2, 0.25) is 0 Å². The Kier molecular flexibility index (Phi) is 8.79. The monoisotopic (exact) mass is 472 g/mol. The first-order valence-corrected chi connectivity index (χ1v) is 10.4.